The molecule has 5 aromatic rings. The summed E-state index contributed by atoms with van der Waals surface area (Å²) < 4.78 is 2.28. The van der Waals surface area contributed by atoms with Gasteiger partial charge in [0.1, 0.15) is 0 Å². The minimum absolute atomic E-state index is 1.16. The van der Waals surface area contributed by atoms with Crippen LogP contribution in [0.3, 0.4) is 0 Å². The number of para-hydroxylation sites is 2. The molecule has 28 heavy (non-hydrogen) atoms. The van der Waals surface area contributed by atoms with Gasteiger partial charge in [-0.05, 0) is 49.4 Å². The first-order chi connectivity index (χ1) is 13.7. The lowest BCUT2D eigenvalue weighted by atomic mass is 10.1. The van der Waals surface area contributed by atoms with E-state index in [0.717, 1.165) is 17.1 Å². The third kappa shape index (κ3) is 2.66. The van der Waals surface area contributed by atoms with E-state index in [2.05, 4.69) is 121 Å². The molecule has 4 aromatic carbocycles. The van der Waals surface area contributed by atoms with Crippen molar-refractivity contribution in [2.24, 2.45) is 7.05 Å². The molecule has 0 bridgehead atoms. The maximum atomic E-state index is 2.32. The number of fused-ring (bicyclic) bond motifs is 3. The van der Waals surface area contributed by atoms with Gasteiger partial charge >= 0.3 is 0 Å². The number of benzene rings is 4. The van der Waals surface area contributed by atoms with E-state index < -0.39 is 0 Å². The number of rotatable bonds is 3. The number of aryl methyl sites for hydroxylation is 2. The van der Waals surface area contributed by atoms with E-state index in [9.17, 15) is 0 Å². The summed E-state index contributed by atoms with van der Waals surface area (Å²) in [5.74, 6) is 0. The van der Waals surface area contributed by atoms with Crippen molar-refractivity contribution in [1.29, 1.82) is 0 Å². The minimum Gasteiger partial charge on any atom is -0.344 e. The molecule has 2 heteroatoms. The number of anilines is 3. The molecule has 0 N–H and O–H groups in total. The molecule has 0 saturated carbocycles. The molecular weight excluding hydrogens is 340 g/mol. The number of hydrogen-bond acceptors (Lipinski definition) is 1. The molecule has 0 aliphatic heterocycles. The molecular formula is C26H22N2. The summed E-state index contributed by atoms with van der Waals surface area (Å²) in [5.41, 5.74) is 7.25. The molecule has 0 spiro atoms. The van der Waals surface area contributed by atoms with Gasteiger partial charge < -0.3 is 9.47 Å². The van der Waals surface area contributed by atoms with Gasteiger partial charge in [0.15, 0.2) is 0 Å². The maximum absolute atomic E-state index is 2.32. The largest absolute Gasteiger partial charge is 0.344 e. The Kier molecular flexibility index (Phi) is 3.91. The van der Waals surface area contributed by atoms with Crippen molar-refractivity contribution in [1.82, 2.24) is 4.57 Å². The van der Waals surface area contributed by atoms with E-state index in [1.807, 2.05) is 0 Å². The van der Waals surface area contributed by atoms with E-state index in [-0.39, 0.29) is 0 Å². The summed E-state index contributed by atoms with van der Waals surface area (Å²) >= 11 is 0. The van der Waals surface area contributed by atoms with E-state index >= 15 is 0 Å². The highest BCUT2D eigenvalue weighted by Gasteiger charge is 2.15. The molecule has 0 amide bonds. The van der Waals surface area contributed by atoms with Gasteiger partial charge in [-0.1, -0.05) is 60.2 Å². The second-order valence-corrected chi connectivity index (χ2v) is 7.28. The highest BCUT2D eigenvalue weighted by molar-refractivity contribution is 6.09. The van der Waals surface area contributed by atoms with Crippen LogP contribution in [0.25, 0.3) is 21.8 Å². The van der Waals surface area contributed by atoms with Crippen molar-refractivity contribution in [3.05, 3.63) is 103 Å². The van der Waals surface area contributed by atoms with E-state index in [4.69, 9.17) is 0 Å². The smallest absolute Gasteiger partial charge is 0.0509 e. The summed E-state index contributed by atoms with van der Waals surface area (Å²) in [7, 11) is 2.15. The van der Waals surface area contributed by atoms with E-state index in [0.29, 0.717) is 0 Å². The Labute approximate surface area is 165 Å². The predicted molar refractivity (Wildman–Crippen MR) is 120 cm³/mol. The van der Waals surface area contributed by atoms with E-state index in [1.165, 1.54) is 27.4 Å². The Balaban J connectivity index is 1.74. The van der Waals surface area contributed by atoms with Crippen LogP contribution in [-0.4, -0.2) is 4.57 Å². The Morgan fingerprint density at radius 3 is 1.96 bits per heavy atom. The topological polar surface area (TPSA) is 8.17 Å². The summed E-state index contributed by atoms with van der Waals surface area (Å²) in [4.78, 5) is 2.32. The third-order valence-electron chi connectivity index (χ3n) is 5.46. The van der Waals surface area contributed by atoms with Gasteiger partial charge in [-0.3, -0.25) is 0 Å². The average Bonchev–Trinajstić information content (AvgIpc) is 3.03. The maximum Gasteiger partial charge on any atom is 0.0509 e. The van der Waals surface area contributed by atoms with Gasteiger partial charge in [0.25, 0.3) is 0 Å². The molecule has 0 aliphatic carbocycles. The van der Waals surface area contributed by atoms with Gasteiger partial charge in [0, 0.05) is 40.4 Å². The van der Waals surface area contributed by atoms with Gasteiger partial charge in [0.2, 0.25) is 0 Å². The first-order valence-electron chi connectivity index (χ1n) is 9.61. The molecule has 136 valence electrons. The van der Waals surface area contributed by atoms with Crippen molar-refractivity contribution in [2.45, 2.75) is 6.92 Å². The molecule has 0 radical (unpaired) electrons. The number of aromatic nitrogens is 1. The molecule has 5 rings (SSSR count). The van der Waals surface area contributed by atoms with Crippen LogP contribution in [-0.2, 0) is 7.05 Å². The van der Waals surface area contributed by atoms with E-state index in [1.54, 1.807) is 0 Å². The molecule has 0 unspecified atom stereocenters. The fourth-order valence-corrected chi connectivity index (χ4v) is 4.01. The van der Waals surface area contributed by atoms with Gasteiger partial charge in [-0.2, -0.15) is 0 Å². The molecule has 0 atom stereocenters. The SMILES string of the molecule is Cc1ccc(N(c2ccccc2)c2ccc3c4ccccc4n(C)c3c2)cc1. The molecule has 0 saturated heterocycles. The Morgan fingerprint density at radius 2 is 1.18 bits per heavy atom. The van der Waals surface area contributed by atoms with Crippen molar-refractivity contribution < 1.29 is 0 Å². The second kappa shape index (κ2) is 6.58. The van der Waals surface area contributed by atoms with Gasteiger partial charge in [0.05, 0.1) is 5.52 Å². The number of nitrogens with zero attached hydrogens (tertiary/aromatic N) is 2. The zero-order valence-corrected chi connectivity index (χ0v) is 16.1. The van der Waals surface area contributed by atoms with Crippen LogP contribution in [0.15, 0.2) is 97.1 Å². The Hall–Kier alpha value is -3.52. The quantitative estimate of drug-likeness (QED) is 0.332. The normalized spacial score (nSPS) is 11.2. The molecule has 1 aromatic heterocycles. The van der Waals surface area contributed by atoms with Crippen LogP contribution in [0.2, 0.25) is 0 Å². The highest BCUT2D eigenvalue weighted by atomic mass is 15.1. The van der Waals surface area contributed by atoms with Crippen LogP contribution in [0, 0.1) is 6.92 Å². The van der Waals surface area contributed by atoms with Crippen LogP contribution in [0.1, 0.15) is 5.56 Å². The second-order valence-electron chi connectivity index (χ2n) is 7.28. The standard InChI is InChI=1S/C26H22N2/c1-19-12-14-21(15-13-19)28(20-8-4-3-5-9-20)22-16-17-24-23-10-6-7-11-25(23)27(2)26(24)18-22/h3-18H,1-2H3. The highest BCUT2D eigenvalue weighted by Crippen LogP contribution is 2.37. The summed E-state index contributed by atoms with van der Waals surface area (Å²) in [5, 5.41) is 2.59. The molecule has 0 aliphatic rings. The fraction of sp³-hybridized carbons (Fsp3) is 0.0769. The average molecular weight is 362 g/mol. The lowest BCUT2D eigenvalue weighted by Gasteiger charge is -2.25. The Bertz CT molecular complexity index is 1260. The molecule has 2 nitrogen and oxygen atoms in total. The molecule has 0 fully saturated rings. The van der Waals surface area contributed by atoms with Crippen molar-refractivity contribution in [3.8, 4) is 0 Å². The van der Waals surface area contributed by atoms with Crippen LogP contribution < -0.4 is 4.90 Å². The number of hydrogen-bond donors (Lipinski definition) is 0. The van der Waals surface area contributed by atoms with Crippen LogP contribution in [0.4, 0.5) is 17.1 Å². The van der Waals surface area contributed by atoms with Crippen molar-refractivity contribution in [2.75, 3.05) is 4.90 Å². The third-order valence-corrected chi connectivity index (χ3v) is 5.46. The summed E-state index contributed by atoms with van der Waals surface area (Å²) in [6, 6.07) is 34.6. The molecule has 1 heterocycles. The zero-order valence-electron chi connectivity index (χ0n) is 16.1. The van der Waals surface area contributed by atoms with Crippen molar-refractivity contribution >= 4 is 38.9 Å². The monoisotopic (exact) mass is 362 g/mol. The van der Waals surface area contributed by atoms with Gasteiger partial charge in [-0.25, -0.2) is 0 Å². The lowest BCUT2D eigenvalue weighted by molar-refractivity contribution is 1.01. The summed E-state index contributed by atoms with van der Waals surface area (Å²) in [6.07, 6.45) is 0. The first-order valence-corrected chi connectivity index (χ1v) is 9.61. The minimum atomic E-state index is 1.16. The first kappa shape index (κ1) is 16.6. The summed E-state index contributed by atoms with van der Waals surface area (Å²) in [6.45, 7) is 2.12. The van der Waals surface area contributed by atoms with Crippen LogP contribution >= 0.6 is 0 Å². The van der Waals surface area contributed by atoms with Crippen LogP contribution in [0.5, 0.6) is 0 Å². The zero-order chi connectivity index (χ0) is 19.1. The lowest BCUT2D eigenvalue weighted by Crippen LogP contribution is -2.09. The Morgan fingerprint density at radius 1 is 0.571 bits per heavy atom. The van der Waals surface area contributed by atoms with Crippen molar-refractivity contribution in [3.63, 3.8) is 0 Å². The van der Waals surface area contributed by atoms with Gasteiger partial charge in [-0.15, -0.1) is 0 Å². The predicted octanol–water partition coefficient (Wildman–Crippen LogP) is 7.11. The fourth-order valence-electron chi connectivity index (χ4n) is 4.01.